The Morgan fingerprint density at radius 3 is 2.84 bits per heavy atom. The molecule has 1 fully saturated rings. The fourth-order valence-corrected chi connectivity index (χ4v) is 4.77. The smallest absolute Gasteiger partial charge is 0.245 e. The number of likely N-dealkylation sites (tertiary alicyclic amines) is 1. The Hall–Kier alpha value is -3.23. The molecule has 164 valence electrons. The van der Waals surface area contributed by atoms with E-state index < -0.39 is 5.92 Å². The van der Waals surface area contributed by atoms with Gasteiger partial charge in [-0.1, -0.05) is 17.7 Å². The first-order chi connectivity index (χ1) is 14.9. The molecule has 0 bridgehead atoms. The summed E-state index contributed by atoms with van der Waals surface area (Å²) < 4.78 is 1.72. The standard InChI is InChI=1S/C22H29N7O2/c1-5-18(30)28-10-6-7-16(12-28)20-19(15(4)23-22-25-26-27-29(20)22)21(31)24-17-9-8-13(2)14(3)11-17/h5,8-9,11,15-16,19-20H,1,6-7,10,12H2,2-4H3,(H,24,31)(H,23,25,27). The number of amides is 2. The Morgan fingerprint density at radius 1 is 1.29 bits per heavy atom. The van der Waals surface area contributed by atoms with Crippen molar-refractivity contribution in [3.8, 4) is 0 Å². The number of carbonyl (C=O) groups is 2. The van der Waals surface area contributed by atoms with Gasteiger partial charge in [0.15, 0.2) is 0 Å². The molecule has 1 aromatic heterocycles. The number of hydrogen-bond donors (Lipinski definition) is 2. The summed E-state index contributed by atoms with van der Waals surface area (Å²) in [5, 5.41) is 18.5. The largest absolute Gasteiger partial charge is 0.350 e. The van der Waals surface area contributed by atoms with Gasteiger partial charge in [-0.3, -0.25) is 9.59 Å². The van der Waals surface area contributed by atoms with Crippen LogP contribution >= 0.6 is 0 Å². The molecule has 4 atom stereocenters. The molecule has 4 rings (SSSR count). The Kier molecular flexibility index (Phi) is 5.75. The van der Waals surface area contributed by atoms with Gasteiger partial charge in [-0.25, -0.2) is 4.68 Å². The van der Waals surface area contributed by atoms with E-state index in [0.717, 1.165) is 24.1 Å². The van der Waals surface area contributed by atoms with Crippen molar-refractivity contribution in [1.82, 2.24) is 25.1 Å². The summed E-state index contributed by atoms with van der Waals surface area (Å²) in [4.78, 5) is 27.5. The van der Waals surface area contributed by atoms with E-state index in [1.807, 2.05) is 39.0 Å². The lowest BCUT2D eigenvalue weighted by atomic mass is 9.78. The Morgan fingerprint density at radius 2 is 2.10 bits per heavy atom. The van der Waals surface area contributed by atoms with Crippen molar-refractivity contribution in [2.45, 2.75) is 45.7 Å². The van der Waals surface area contributed by atoms with E-state index in [2.05, 4.69) is 32.7 Å². The number of nitrogens with zero attached hydrogens (tertiary/aromatic N) is 5. The highest BCUT2D eigenvalue weighted by molar-refractivity contribution is 5.94. The van der Waals surface area contributed by atoms with Gasteiger partial charge < -0.3 is 15.5 Å². The first kappa shape index (κ1) is 21.0. The minimum atomic E-state index is -0.401. The van der Waals surface area contributed by atoms with Gasteiger partial charge in [0, 0.05) is 30.7 Å². The van der Waals surface area contributed by atoms with Gasteiger partial charge >= 0.3 is 0 Å². The number of benzene rings is 1. The van der Waals surface area contributed by atoms with Gasteiger partial charge in [0.1, 0.15) is 0 Å². The second-order valence-corrected chi connectivity index (χ2v) is 8.58. The summed E-state index contributed by atoms with van der Waals surface area (Å²) in [6.07, 6.45) is 3.11. The highest BCUT2D eigenvalue weighted by Crippen LogP contribution is 2.40. The predicted octanol–water partition coefficient (Wildman–Crippen LogP) is 2.32. The van der Waals surface area contributed by atoms with E-state index in [0.29, 0.717) is 19.0 Å². The molecule has 1 aromatic carbocycles. The van der Waals surface area contributed by atoms with E-state index >= 15 is 0 Å². The van der Waals surface area contributed by atoms with E-state index in [1.54, 1.807) is 9.58 Å². The molecule has 2 aliphatic heterocycles. The molecule has 31 heavy (non-hydrogen) atoms. The molecule has 0 saturated carbocycles. The first-order valence-corrected chi connectivity index (χ1v) is 10.7. The molecule has 9 heteroatoms. The van der Waals surface area contributed by atoms with Crippen molar-refractivity contribution in [2.24, 2.45) is 11.8 Å². The SMILES string of the molecule is C=CC(=O)N1CCCC(C2C(C(=O)Nc3ccc(C)c(C)c3)C(C)Nc3nnnn32)C1. The summed E-state index contributed by atoms with van der Waals surface area (Å²) in [6, 6.07) is 5.49. The minimum absolute atomic E-state index is 0.0555. The molecule has 3 heterocycles. The number of carbonyl (C=O) groups excluding carboxylic acids is 2. The number of piperidine rings is 1. The van der Waals surface area contributed by atoms with Gasteiger partial charge in [0.05, 0.1) is 12.0 Å². The third kappa shape index (κ3) is 4.04. The predicted molar refractivity (Wildman–Crippen MR) is 117 cm³/mol. The minimum Gasteiger partial charge on any atom is -0.350 e. The van der Waals surface area contributed by atoms with Crippen molar-refractivity contribution >= 4 is 23.5 Å². The molecule has 0 spiro atoms. The lowest BCUT2D eigenvalue weighted by Crippen LogP contribution is -2.52. The normalized spacial score (nSPS) is 25.3. The average Bonchev–Trinajstić information content (AvgIpc) is 3.22. The van der Waals surface area contributed by atoms with Gasteiger partial charge in [-0.05, 0) is 73.4 Å². The van der Waals surface area contributed by atoms with Crippen molar-refractivity contribution in [3.63, 3.8) is 0 Å². The molecule has 9 nitrogen and oxygen atoms in total. The van der Waals surface area contributed by atoms with Crippen LogP contribution in [-0.2, 0) is 9.59 Å². The number of nitrogens with one attached hydrogen (secondary N) is 2. The van der Waals surface area contributed by atoms with Crippen molar-refractivity contribution in [3.05, 3.63) is 42.0 Å². The second-order valence-electron chi connectivity index (χ2n) is 8.58. The summed E-state index contributed by atoms with van der Waals surface area (Å²) in [5.41, 5.74) is 3.07. The summed E-state index contributed by atoms with van der Waals surface area (Å²) in [7, 11) is 0. The maximum Gasteiger partial charge on any atom is 0.245 e. The van der Waals surface area contributed by atoms with Gasteiger partial charge in [-0.2, -0.15) is 0 Å². The first-order valence-electron chi connectivity index (χ1n) is 10.7. The van der Waals surface area contributed by atoms with E-state index in [9.17, 15) is 9.59 Å². The fraction of sp³-hybridized carbons (Fsp3) is 0.500. The Labute approximate surface area is 181 Å². The number of fused-ring (bicyclic) bond motifs is 1. The van der Waals surface area contributed by atoms with Gasteiger partial charge in [-0.15, -0.1) is 0 Å². The van der Waals surface area contributed by atoms with Crippen LogP contribution in [0.4, 0.5) is 11.6 Å². The third-order valence-corrected chi connectivity index (χ3v) is 6.54. The number of anilines is 2. The third-order valence-electron chi connectivity index (χ3n) is 6.54. The zero-order valence-corrected chi connectivity index (χ0v) is 18.2. The fourth-order valence-electron chi connectivity index (χ4n) is 4.77. The van der Waals surface area contributed by atoms with Crippen LogP contribution in [0.5, 0.6) is 0 Å². The molecule has 0 aliphatic carbocycles. The highest BCUT2D eigenvalue weighted by atomic mass is 16.2. The maximum absolute atomic E-state index is 13.5. The van der Waals surface area contributed by atoms with Crippen LogP contribution in [-0.4, -0.2) is 56.1 Å². The zero-order chi connectivity index (χ0) is 22.1. The molecule has 4 unspecified atom stereocenters. The topological polar surface area (TPSA) is 105 Å². The van der Waals surface area contributed by atoms with E-state index in [1.165, 1.54) is 11.6 Å². The van der Waals surface area contributed by atoms with Crippen LogP contribution in [0.2, 0.25) is 0 Å². The van der Waals surface area contributed by atoms with E-state index in [4.69, 9.17) is 0 Å². The number of tetrazole rings is 1. The molecule has 0 radical (unpaired) electrons. The van der Waals surface area contributed by atoms with E-state index in [-0.39, 0.29) is 29.8 Å². The number of hydrogen-bond acceptors (Lipinski definition) is 6. The number of rotatable bonds is 4. The van der Waals surface area contributed by atoms with Crippen LogP contribution < -0.4 is 10.6 Å². The van der Waals surface area contributed by atoms with Crippen LogP contribution in [0.25, 0.3) is 0 Å². The highest BCUT2D eigenvalue weighted by Gasteiger charge is 2.46. The van der Waals surface area contributed by atoms with Crippen LogP contribution in [0.3, 0.4) is 0 Å². The van der Waals surface area contributed by atoms with Crippen molar-refractivity contribution in [2.75, 3.05) is 23.7 Å². The van der Waals surface area contributed by atoms with Gasteiger partial charge in [0.25, 0.3) is 0 Å². The lowest BCUT2D eigenvalue weighted by molar-refractivity contribution is -0.128. The molecular weight excluding hydrogens is 394 g/mol. The Balaban J connectivity index is 1.64. The number of aryl methyl sites for hydroxylation is 2. The molecular formula is C22H29N7O2. The second kappa shape index (κ2) is 8.49. The molecule has 1 saturated heterocycles. The number of aromatic nitrogens is 4. The average molecular weight is 424 g/mol. The summed E-state index contributed by atoms with van der Waals surface area (Å²) in [6.45, 7) is 10.9. The zero-order valence-electron chi connectivity index (χ0n) is 18.2. The maximum atomic E-state index is 13.5. The van der Waals surface area contributed by atoms with Crippen molar-refractivity contribution in [1.29, 1.82) is 0 Å². The Bertz CT molecular complexity index is 1000. The summed E-state index contributed by atoms with van der Waals surface area (Å²) in [5.74, 6) is 0.0441. The van der Waals surface area contributed by atoms with Crippen LogP contribution in [0, 0.1) is 25.7 Å². The van der Waals surface area contributed by atoms with Crippen LogP contribution in [0.1, 0.15) is 36.9 Å². The molecule has 2 N–H and O–H groups in total. The molecule has 2 amide bonds. The quantitative estimate of drug-likeness (QED) is 0.732. The molecule has 2 aliphatic rings. The van der Waals surface area contributed by atoms with Crippen LogP contribution in [0.15, 0.2) is 30.9 Å². The van der Waals surface area contributed by atoms with Gasteiger partial charge in [0.2, 0.25) is 17.8 Å². The monoisotopic (exact) mass is 423 g/mol. The summed E-state index contributed by atoms with van der Waals surface area (Å²) >= 11 is 0. The molecule has 2 aromatic rings. The van der Waals surface area contributed by atoms with Crippen molar-refractivity contribution < 1.29 is 9.59 Å². The lowest BCUT2D eigenvalue weighted by Gasteiger charge is -2.43.